The highest BCUT2D eigenvalue weighted by Crippen LogP contribution is 2.35. The molecule has 0 fully saturated rings. The van der Waals surface area contributed by atoms with Gasteiger partial charge in [-0.2, -0.15) is 13.2 Å². The molecule has 8 heteroatoms. The number of aryl methyl sites for hydroxylation is 1. The largest absolute Gasteiger partial charge is 0.416 e. The van der Waals surface area contributed by atoms with Gasteiger partial charge >= 0.3 is 6.18 Å². The Hall–Kier alpha value is -1.89. The summed E-state index contributed by atoms with van der Waals surface area (Å²) >= 11 is 5.63. The summed E-state index contributed by atoms with van der Waals surface area (Å²) in [5, 5.41) is -0.314. The van der Waals surface area contributed by atoms with Gasteiger partial charge in [-0.25, -0.2) is 9.88 Å². The van der Waals surface area contributed by atoms with E-state index in [1.807, 2.05) is 13.8 Å². The lowest BCUT2D eigenvalue weighted by molar-refractivity contribution is -0.138. The molecular weight excluding hydrogens is 321 g/mol. The lowest BCUT2D eigenvalue weighted by Gasteiger charge is -2.16. The van der Waals surface area contributed by atoms with E-state index >= 15 is 0 Å². The van der Waals surface area contributed by atoms with E-state index in [4.69, 9.17) is 11.6 Å². The third-order valence-corrected chi connectivity index (χ3v) is 3.31. The standard InChI is InChI=1S/C12H8ClF3N2O2.C2H6/c1-5-4-17-8(3-7(5)12(14,15)16)18-10(19)6(2)9(13)11(18)20;1-2/h3-4H,1-2H3;1-2H3. The van der Waals surface area contributed by atoms with Gasteiger partial charge in [-0.3, -0.25) is 9.59 Å². The van der Waals surface area contributed by atoms with Crippen LogP contribution in [-0.2, 0) is 15.8 Å². The molecule has 0 saturated carbocycles. The smallest absolute Gasteiger partial charge is 0.268 e. The minimum atomic E-state index is -4.60. The van der Waals surface area contributed by atoms with Gasteiger partial charge in [0.25, 0.3) is 11.8 Å². The average molecular weight is 335 g/mol. The number of alkyl halides is 3. The second kappa shape index (κ2) is 6.48. The van der Waals surface area contributed by atoms with Crippen LogP contribution in [0.4, 0.5) is 19.0 Å². The Labute approximate surface area is 130 Å². The van der Waals surface area contributed by atoms with Crippen molar-refractivity contribution in [3.05, 3.63) is 34.0 Å². The fraction of sp³-hybridized carbons (Fsp3) is 0.357. The van der Waals surface area contributed by atoms with E-state index in [-0.39, 0.29) is 16.2 Å². The van der Waals surface area contributed by atoms with Gasteiger partial charge < -0.3 is 0 Å². The summed E-state index contributed by atoms with van der Waals surface area (Å²) in [5.74, 6) is -2.05. The van der Waals surface area contributed by atoms with Crippen LogP contribution in [0.2, 0.25) is 0 Å². The summed E-state index contributed by atoms with van der Waals surface area (Å²) in [7, 11) is 0. The number of hydrogen-bond donors (Lipinski definition) is 0. The SMILES string of the molecule is CC.CC1=C(Cl)C(=O)N(c2cc(C(F)(F)F)c(C)cn2)C1=O. The van der Waals surface area contributed by atoms with Crippen LogP contribution in [0.3, 0.4) is 0 Å². The predicted molar refractivity (Wildman–Crippen MR) is 76.4 cm³/mol. The number of rotatable bonds is 1. The van der Waals surface area contributed by atoms with Crippen molar-refractivity contribution in [2.75, 3.05) is 4.90 Å². The molecule has 2 rings (SSSR count). The number of carbonyl (C=O) groups is 2. The van der Waals surface area contributed by atoms with E-state index in [0.717, 1.165) is 6.20 Å². The topological polar surface area (TPSA) is 50.3 Å². The number of aromatic nitrogens is 1. The zero-order valence-corrected chi connectivity index (χ0v) is 13.1. The van der Waals surface area contributed by atoms with Crippen LogP contribution in [0, 0.1) is 6.92 Å². The first-order chi connectivity index (χ1) is 10.1. The van der Waals surface area contributed by atoms with E-state index in [1.54, 1.807) is 0 Å². The Morgan fingerprint density at radius 3 is 2.09 bits per heavy atom. The van der Waals surface area contributed by atoms with E-state index in [9.17, 15) is 22.8 Å². The molecule has 0 unspecified atom stereocenters. The maximum absolute atomic E-state index is 12.8. The van der Waals surface area contributed by atoms with Gasteiger partial charge in [-0.05, 0) is 25.5 Å². The van der Waals surface area contributed by atoms with E-state index in [1.165, 1.54) is 13.8 Å². The number of carbonyl (C=O) groups excluding carboxylic acids is 2. The first kappa shape index (κ1) is 18.2. The minimum Gasteiger partial charge on any atom is -0.268 e. The Morgan fingerprint density at radius 1 is 1.14 bits per heavy atom. The second-order valence-corrected chi connectivity index (χ2v) is 4.62. The van der Waals surface area contributed by atoms with Gasteiger partial charge in [0.15, 0.2) is 0 Å². The monoisotopic (exact) mass is 334 g/mol. The van der Waals surface area contributed by atoms with Crippen molar-refractivity contribution in [3.8, 4) is 0 Å². The predicted octanol–water partition coefficient (Wildman–Crippen LogP) is 3.82. The van der Waals surface area contributed by atoms with Crippen molar-refractivity contribution in [1.29, 1.82) is 0 Å². The highest BCUT2D eigenvalue weighted by Gasteiger charge is 2.39. The molecule has 1 aromatic heterocycles. The molecule has 0 atom stereocenters. The van der Waals surface area contributed by atoms with Gasteiger partial charge in [0, 0.05) is 11.8 Å². The van der Waals surface area contributed by atoms with Crippen LogP contribution in [0.15, 0.2) is 22.9 Å². The van der Waals surface area contributed by atoms with E-state index in [2.05, 4.69) is 4.98 Å². The third kappa shape index (κ3) is 3.14. The molecule has 0 aliphatic carbocycles. The van der Waals surface area contributed by atoms with Crippen LogP contribution in [-0.4, -0.2) is 16.8 Å². The number of pyridine rings is 1. The normalized spacial score (nSPS) is 15.2. The molecule has 1 aromatic rings. The zero-order chi connectivity index (χ0) is 17.2. The van der Waals surface area contributed by atoms with Gasteiger partial charge in [0.2, 0.25) is 0 Å². The van der Waals surface area contributed by atoms with Crippen molar-refractivity contribution in [2.24, 2.45) is 0 Å². The van der Waals surface area contributed by atoms with E-state index < -0.39 is 29.4 Å². The minimum absolute atomic E-state index is 0.0207. The molecule has 22 heavy (non-hydrogen) atoms. The second-order valence-electron chi connectivity index (χ2n) is 4.24. The summed E-state index contributed by atoms with van der Waals surface area (Å²) in [6, 6.07) is 0.661. The summed E-state index contributed by atoms with van der Waals surface area (Å²) in [5.41, 5.74) is -1.08. The molecule has 1 aliphatic rings. The van der Waals surface area contributed by atoms with Crippen molar-refractivity contribution in [1.82, 2.24) is 4.98 Å². The summed E-state index contributed by atoms with van der Waals surface area (Å²) in [4.78, 5) is 27.8. The van der Waals surface area contributed by atoms with Crippen LogP contribution in [0.5, 0.6) is 0 Å². The fourth-order valence-electron chi connectivity index (χ4n) is 1.76. The molecule has 4 nitrogen and oxygen atoms in total. The Bertz CT molecular complexity index is 630. The number of amides is 2. The van der Waals surface area contributed by atoms with Crippen LogP contribution < -0.4 is 4.90 Å². The molecule has 120 valence electrons. The van der Waals surface area contributed by atoms with Crippen molar-refractivity contribution in [2.45, 2.75) is 33.9 Å². The number of hydrogen-bond acceptors (Lipinski definition) is 3. The average Bonchev–Trinajstić information content (AvgIpc) is 2.65. The lowest BCUT2D eigenvalue weighted by atomic mass is 10.1. The molecule has 0 radical (unpaired) electrons. The first-order valence-corrected chi connectivity index (χ1v) is 6.81. The van der Waals surface area contributed by atoms with E-state index in [0.29, 0.717) is 11.0 Å². The number of nitrogens with zero attached hydrogens (tertiary/aromatic N) is 2. The number of anilines is 1. The fourth-order valence-corrected chi connectivity index (χ4v) is 1.93. The number of halogens is 4. The summed E-state index contributed by atoms with van der Waals surface area (Å²) < 4.78 is 38.4. The first-order valence-electron chi connectivity index (χ1n) is 6.43. The molecule has 0 bridgehead atoms. The Morgan fingerprint density at radius 2 is 1.68 bits per heavy atom. The third-order valence-electron chi connectivity index (χ3n) is 2.87. The zero-order valence-electron chi connectivity index (χ0n) is 12.4. The van der Waals surface area contributed by atoms with Gasteiger partial charge in [-0.15, -0.1) is 0 Å². The lowest BCUT2D eigenvalue weighted by Crippen LogP contribution is -2.32. The molecule has 0 saturated heterocycles. The van der Waals surface area contributed by atoms with Gasteiger partial charge in [-0.1, -0.05) is 25.4 Å². The maximum Gasteiger partial charge on any atom is 0.416 e. The Balaban J connectivity index is 0.00000116. The van der Waals surface area contributed by atoms with Crippen molar-refractivity contribution < 1.29 is 22.8 Å². The maximum atomic E-state index is 12.8. The molecule has 0 N–H and O–H groups in total. The molecule has 0 spiro atoms. The molecule has 0 aromatic carbocycles. The molecule has 2 heterocycles. The highest BCUT2D eigenvalue weighted by molar-refractivity contribution is 6.52. The molecular formula is C14H14ClF3N2O2. The van der Waals surface area contributed by atoms with Crippen molar-refractivity contribution in [3.63, 3.8) is 0 Å². The quantitative estimate of drug-likeness (QED) is 0.734. The van der Waals surface area contributed by atoms with Crippen LogP contribution >= 0.6 is 11.6 Å². The highest BCUT2D eigenvalue weighted by atomic mass is 35.5. The van der Waals surface area contributed by atoms with Gasteiger partial charge in [0.05, 0.1) is 5.56 Å². The van der Waals surface area contributed by atoms with Crippen LogP contribution in [0.1, 0.15) is 31.9 Å². The summed E-state index contributed by atoms with van der Waals surface area (Å²) in [6.45, 7) is 6.56. The molecule has 2 amide bonds. The number of imide groups is 1. The van der Waals surface area contributed by atoms with Crippen molar-refractivity contribution >= 4 is 29.2 Å². The van der Waals surface area contributed by atoms with Crippen LogP contribution in [0.25, 0.3) is 0 Å². The molecule has 1 aliphatic heterocycles. The van der Waals surface area contributed by atoms with Gasteiger partial charge in [0.1, 0.15) is 10.9 Å². The Kier molecular flexibility index (Phi) is 5.35. The summed E-state index contributed by atoms with van der Waals surface area (Å²) in [6.07, 6.45) is -3.64.